The number of carboxylic acids is 1. The molecule has 12 heteroatoms. The van der Waals surface area contributed by atoms with Crippen LogP contribution in [-0.4, -0.2) is 64.9 Å². The number of carbonyl (C=O) groups excluding carboxylic acids is 2. The molecule has 56 heavy (non-hydrogen) atoms. The summed E-state index contributed by atoms with van der Waals surface area (Å²) in [4.78, 5) is 45.8. The number of allylic oxidation sites excluding steroid dienone is 14. The topological polar surface area (TPSA) is 169 Å². The molecule has 0 heterocycles. The molecule has 3 unspecified atom stereocenters. The van der Waals surface area contributed by atoms with Crippen LogP contribution >= 0.6 is 7.82 Å². The number of nitrogens with one attached hydrogen (secondary N) is 1. The molecule has 0 bridgehead atoms. The van der Waals surface area contributed by atoms with Crippen molar-refractivity contribution < 1.29 is 47.8 Å². The van der Waals surface area contributed by atoms with Crippen LogP contribution in [-0.2, 0) is 32.7 Å². The van der Waals surface area contributed by atoms with E-state index in [2.05, 4.69) is 92.1 Å². The van der Waals surface area contributed by atoms with Gasteiger partial charge >= 0.3 is 19.8 Å². The first-order valence-electron chi connectivity index (χ1n) is 20.6. The molecule has 0 aliphatic carbocycles. The highest BCUT2D eigenvalue weighted by Gasteiger charge is 2.28. The summed E-state index contributed by atoms with van der Waals surface area (Å²) in [6.45, 7) is 2.37. The third-order valence-corrected chi connectivity index (χ3v) is 9.12. The van der Waals surface area contributed by atoms with E-state index in [-0.39, 0.29) is 12.8 Å². The maximum Gasteiger partial charge on any atom is 0.472 e. The maximum atomic E-state index is 12.3. The maximum absolute atomic E-state index is 12.3. The standard InChI is InChI=1S/C44H72NO10P/c1-3-5-7-9-11-13-15-17-19-20-22-23-25-27-29-31-33-35-42(47)45-41(44(49)50)39-55-56(51,52)54-38-40(46)37-53-43(48)36-34-32-30-28-26-24-21-18-16-14-12-10-8-6-4-2/h5,7,11-14,17-19,21-23,27,29,40-41,46H,3-4,6,8-10,15-16,20,24-26,28,30-39H2,1-2H3,(H,45,47)(H,49,50)(H,51,52)/b7-5-,13-11-,14-12-,19-17-,21-18-,23-22-,29-27-. The van der Waals surface area contributed by atoms with Gasteiger partial charge in [0, 0.05) is 12.8 Å². The lowest BCUT2D eigenvalue weighted by Crippen LogP contribution is -2.43. The van der Waals surface area contributed by atoms with Gasteiger partial charge in [0.1, 0.15) is 12.7 Å². The molecule has 1 amide bonds. The second-order valence-corrected chi connectivity index (χ2v) is 14.9. The largest absolute Gasteiger partial charge is 0.480 e. The number of phosphoric ester groups is 1. The summed E-state index contributed by atoms with van der Waals surface area (Å²) in [7, 11) is -4.78. The van der Waals surface area contributed by atoms with E-state index in [9.17, 15) is 34.1 Å². The number of rotatable bonds is 37. The van der Waals surface area contributed by atoms with Gasteiger partial charge in [-0.25, -0.2) is 9.36 Å². The van der Waals surface area contributed by atoms with Crippen molar-refractivity contribution in [3.8, 4) is 0 Å². The average molecular weight is 806 g/mol. The number of aliphatic carboxylic acids is 1. The van der Waals surface area contributed by atoms with Crippen molar-refractivity contribution in [2.75, 3.05) is 19.8 Å². The Morgan fingerprint density at radius 1 is 0.589 bits per heavy atom. The Labute approximate surface area is 337 Å². The van der Waals surface area contributed by atoms with Gasteiger partial charge < -0.3 is 25.2 Å². The number of amides is 1. The number of ether oxygens (including phenoxy) is 1. The summed E-state index contributed by atoms with van der Waals surface area (Å²) in [6, 6.07) is -1.58. The number of phosphoric acid groups is 1. The van der Waals surface area contributed by atoms with Gasteiger partial charge in [-0.15, -0.1) is 0 Å². The highest BCUT2D eigenvalue weighted by Crippen LogP contribution is 2.43. The number of esters is 1. The van der Waals surface area contributed by atoms with Crippen molar-refractivity contribution in [1.82, 2.24) is 5.32 Å². The number of hydrogen-bond donors (Lipinski definition) is 4. The Morgan fingerprint density at radius 3 is 1.59 bits per heavy atom. The van der Waals surface area contributed by atoms with Crippen LogP contribution in [0.4, 0.5) is 0 Å². The monoisotopic (exact) mass is 805 g/mol. The van der Waals surface area contributed by atoms with Crippen molar-refractivity contribution in [2.24, 2.45) is 0 Å². The molecule has 0 aromatic rings. The minimum absolute atomic E-state index is 0.0614. The van der Waals surface area contributed by atoms with Crippen LogP contribution in [0.15, 0.2) is 85.1 Å². The number of carbonyl (C=O) groups is 3. The molecule has 0 aliphatic heterocycles. The fourth-order valence-electron chi connectivity index (χ4n) is 4.97. The zero-order valence-corrected chi connectivity index (χ0v) is 35.0. The Morgan fingerprint density at radius 2 is 1.05 bits per heavy atom. The molecule has 0 saturated carbocycles. The average Bonchev–Trinajstić information content (AvgIpc) is 3.17. The normalized spacial score (nSPS) is 14.6. The third-order valence-electron chi connectivity index (χ3n) is 8.17. The lowest BCUT2D eigenvalue weighted by atomic mass is 10.1. The summed E-state index contributed by atoms with van der Waals surface area (Å²) in [6.07, 6.45) is 46.2. The first-order chi connectivity index (χ1) is 27.1. The molecule has 0 aliphatic rings. The predicted molar refractivity (Wildman–Crippen MR) is 226 cm³/mol. The first-order valence-corrected chi connectivity index (χ1v) is 22.1. The SMILES string of the molecule is CC/C=C\C/C=C\C/C=C\C/C=C\C/C=C\CCCC(=O)NC(COP(=O)(O)OCC(O)COC(=O)CCCCCCC/C=C\C/C=C\CCCCC)C(=O)O. The molecule has 0 fully saturated rings. The van der Waals surface area contributed by atoms with Gasteiger partial charge in [0.15, 0.2) is 6.04 Å². The Kier molecular flexibility index (Phi) is 36.2. The molecule has 318 valence electrons. The van der Waals surface area contributed by atoms with Crippen molar-refractivity contribution in [1.29, 1.82) is 0 Å². The molecule has 3 atom stereocenters. The molecule has 4 N–H and O–H groups in total. The Bertz CT molecular complexity index is 1270. The van der Waals surface area contributed by atoms with Gasteiger partial charge in [-0.3, -0.25) is 18.6 Å². The highest BCUT2D eigenvalue weighted by atomic mass is 31.2. The fourth-order valence-corrected chi connectivity index (χ4v) is 5.74. The number of carboxylic acid groups (broad SMARTS) is 1. The van der Waals surface area contributed by atoms with Gasteiger partial charge in [0.25, 0.3) is 0 Å². The van der Waals surface area contributed by atoms with E-state index in [0.717, 1.165) is 77.0 Å². The van der Waals surface area contributed by atoms with E-state index in [1.54, 1.807) is 0 Å². The van der Waals surface area contributed by atoms with Crippen LogP contribution in [0.1, 0.15) is 142 Å². The molecular formula is C44H72NO10P. The summed E-state index contributed by atoms with van der Waals surface area (Å²) in [5.41, 5.74) is 0. The molecular weight excluding hydrogens is 733 g/mol. The lowest BCUT2D eigenvalue weighted by Gasteiger charge is -2.18. The smallest absolute Gasteiger partial charge is 0.472 e. The first kappa shape index (κ1) is 52.7. The fraction of sp³-hybridized carbons (Fsp3) is 0.614. The minimum Gasteiger partial charge on any atom is -0.480 e. The van der Waals surface area contributed by atoms with Gasteiger partial charge in [0.2, 0.25) is 5.91 Å². The van der Waals surface area contributed by atoms with Crippen LogP contribution in [0.25, 0.3) is 0 Å². The third kappa shape index (κ3) is 37.6. The van der Waals surface area contributed by atoms with E-state index < -0.39 is 57.6 Å². The van der Waals surface area contributed by atoms with Crippen LogP contribution < -0.4 is 5.32 Å². The van der Waals surface area contributed by atoms with E-state index in [1.165, 1.54) is 19.3 Å². The van der Waals surface area contributed by atoms with Crippen molar-refractivity contribution in [2.45, 2.75) is 154 Å². The molecule has 0 saturated heterocycles. The van der Waals surface area contributed by atoms with Gasteiger partial charge in [0.05, 0.1) is 13.2 Å². The molecule has 0 spiro atoms. The molecule has 0 radical (unpaired) electrons. The van der Waals surface area contributed by atoms with Gasteiger partial charge in [-0.2, -0.15) is 0 Å². The second-order valence-electron chi connectivity index (χ2n) is 13.4. The molecule has 0 aromatic heterocycles. The number of hydrogen-bond acceptors (Lipinski definition) is 8. The van der Waals surface area contributed by atoms with Crippen molar-refractivity contribution in [3.63, 3.8) is 0 Å². The number of aliphatic hydroxyl groups is 1. The van der Waals surface area contributed by atoms with E-state index in [0.29, 0.717) is 19.3 Å². The summed E-state index contributed by atoms with van der Waals surface area (Å²) >= 11 is 0. The molecule has 11 nitrogen and oxygen atoms in total. The zero-order valence-electron chi connectivity index (χ0n) is 34.1. The van der Waals surface area contributed by atoms with Crippen LogP contribution in [0.3, 0.4) is 0 Å². The van der Waals surface area contributed by atoms with Crippen LogP contribution in [0.2, 0.25) is 0 Å². The van der Waals surface area contributed by atoms with E-state index in [4.69, 9.17) is 13.8 Å². The Balaban J connectivity index is 4.06. The predicted octanol–water partition coefficient (Wildman–Crippen LogP) is 10.3. The van der Waals surface area contributed by atoms with Crippen molar-refractivity contribution >= 4 is 25.7 Å². The molecule has 0 aromatic carbocycles. The summed E-state index contributed by atoms with van der Waals surface area (Å²) in [5.74, 6) is -2.48. The van der Waals surface area contributed by atoms with E-state index in [1.807, 2.05) is 12.2 Å². The minimum atomic E-state index is -4.78. The van der Waals surface area contributed by atoms with Gasteiger partial charge in [-0.05, 0) is 83.5 Å². The second kappa shape index (κ2) is 38.5. The van der Waals surface area contributed by atoms with Crippen molar-refractivity contribution in [3.05, 3.63) is 85.1 Å². The van der Waals surface area contributed by atoms with Gasteiger partial charge in [-0.1, -0.05) is 131 Å². The molecule has 0 rings (SSSR count). The summed E-state index contributed by atoms with van der Waals surface area (Å²) < 4.78 is 26.7. The summed E-state index contributed by atoms with van der Waals surface area (Å²) in [5, 5.41) is 21.7. The van der Waals surface area contributed by atoms with Crippen LogP contribution in [0, 0.1) is 0 Å². The Hall–Kier alpha value is -3.34. The lowest BCUT2D eigenvalue weighted by molar-refractivity contribution is -0.147. The number of aliphatic hydroxyl groups excluding tert-OH is 1. The highest BCUT2D eigenvalue weighted by molar-refractivity contribution is 7.47. The number of unbranched alkanes of at least 4 members (excludes halogenated alkanes) is 9. The van der Waals surface area contributed by atoms with Crippen LogP contribution in [0.5, 0.6) is 0 Å². The quantitative estimate of drug-likeness (QED) is 0.0205. The zero-order chi connectivity index (χ0) is 41.4. The van der Waals surface area contributed by atoms with E-state index >= 15 is 0 Å².